The Kier molecular flexibility index (Phi) is 10.8. The first kappa shape index (κ1) is 17.9. The van der Waals surface area contributed by atoms with Crippen molar-refractivity contribution in [1.82, 2.24) is 5.32 Å². The van der Waals surface area contributed by atoms with E-state index in [-0.39, 0.29) is 18.8 Å². The van der Waals surface area contributed by atoms with Crippen LogP contribution in [0.5, 0.6) is 0 Å². The quantitative estimate of drug-likeness (QED) is 0.500. The zero-order chi connectivity index (χ0) is 15.2. The lowest BCUT2D eigenvalue weighted by molar-refractivity contribution is 0.0328. The highest BCUT2D eigenvalue weighted by Gasteiger charge is 2.14. The molecule has 0 saturated carbocycles. The number of amides is 1. The molecule has 0 radical (unpaired) electrons. The fraction of sp³-hybridized carbons (Fsp3) is 0.800. The highest BCUT2D eigenvalue weighted by molar-refractivity contribution is 5.67. The Morgan fingerprint density at radius 1 is 1.10 bits per heavy atom. The second-order valence-corrected chi connectivity index (χ2v) is 4.88. The summed E-state index contributed by atoms with van der Waals surface area (Å²) < 4.78 is 15.7. The smallest absolute Gasteiger partial charge is 0.407 e. The van der Waals surface area contributed by atoms with Crippen LogP contribution in [0.15, 0.2) is 12.2 Å². The van der Waals surface area contributed by atoms with E-state index in [1.165, 1.54) is 0 Å². The SMILES string of the molecule is O=C(NCCOCCOCCO)OC1CCC=CCCC1. The van der Waals surface area contributed by atoms with E-state index in [1.54, 1.807) is 0 Å². The molecule has 0 aromatic carbocycles. The van der Waals surface area contributed by atoms with Crippen LogP contribution in [0.2, 0.25) is 0 Å². The van der Waals surface area contributed by atoms with Gasteiger partial charge in [-0.25, -0.2) is 4.79 Å². The van der Waals surface area contributed by atoms with Crippen LogP contribution in [0.1, 0.15) is 32.1 Å². The van der Waals surface area contributed by atoms with Crippen molar-refractivity contribution in [3.63, 3.8) is 0 Å². The van der Waals surface area contributed by atoms with Crippen LogP contribution in [0.4, 0.5) is 4.79 Å². The number of rotatable bonds is 9. The Morgan fingerprint density at radius 2 is 1.86 bits per heavy atom. The molecule has 1 aliphatic rings. The third-order valence-electron chi connectivity index (χ3n) is 3.12. The van der Waals surface area contributed by atoms with E-state index < -0.39 is 0 Å². The van der Waals surface area contributed by atoms with Crippen LogP contribution >= 0.6 is 0 Å². The summed E-state index contributed by atoms with van der Waals surface area (Å²) in [5, 5.41) is 11.2. The van der Waals surface area contributed by atoms with E-state index >= 15 is 0 Å². The Hall–Kier alpha value is -1.11. The van der Waals surface area contributed by atoms with E-state index in [0.717, 1.165) is 32.1 Å². The molecule has 0 aliphatic heterocycles. The van der Waals surface area contributed by atoms with E-state index in [0.29, 0.717) is 33.0 Å². The highest BCUT2D eigenvalue weighted by Crippen LogP contribution is 2.15. The maximum atomic E-state index is 11.6. The Bertz CT molecular complexity index is 296. The van der Waals surface area contributed by atoms with Gasteiger partial charge in [0.2, 0.25) is 0 Å². The molecule has 0 saturated heterocycles. The van der Waals surface area contributed by atoms with E-state index in [2.05, 4.69) is 17.5 Å². The predicted molar refractivity (Wildman–Crippen MR) is 79.2 cm³/mol. The number of nitrogens with one attached hydrogen (secondary N) is 1. The van der Waals surface area contributed by atoms with Gasteiger partial charge in [-0.1, -0.05) is 12.2 Å². The van der Waals surface area contributed by atoms with Gasteiger partial charge in [-0.05, 0) is 32.1 Å². The molecule has 0 aromatic rings. The zero-order valence-corrected chi connectivity index (χ0v) is 12.6. The molecule has 0 aromatic heterocycles. The number of carbonyl (C=O) groups excluding carboxylic acids is 1. The minimum absolute atomic E-state index is 0.0164. The number of aliphatic hydroxyl groups excluding tert-OH is 1. The average Bonchev–Trinajstić information content (AvgIpc) is 2.44. The lowest BCUT2D eigenvalue weighted by Crippen LogP contribution is -2.31. The first-order chi connectivity index (χ1) is 10.3. The standard InChI is InChI=1S/C15H27NO5/c17-9-11-20-13-12-19-10-8-16-15(18)21-14-6-4-2-1-3-5-7-14/h1-2,14,17H,3-13H2,(H,16,18). The summed E-state index contributed by atoms with van der Waals surface area (Å²) in [5.74, 6) is 0. The molecule has 1 aliphatic carbocycles. The van der Waals surface area contributed by atoms with Crippen molar-refractivity contribution in [1.29, 1.82) is 0 Å². The third-order valence-corrected chi connectivity index (χ3v) is 3.12. The maximum absolute atomic E-state index is 11.6. The summed E-state index contributed by atoms with van der Waals surface area (Å²) in [6.45, 7) is 2.08. The molecule has 1 rings (SSSR count). The lowest BCUT2D eigenvalue weighted by atomic mass is 10.0. The van der Waals surface area contributed by atoms with Crippen molar-refractivity contribution in [3.05, 3.63) is 12.2 Å². The number of ether oxygens (including phenoxy) is 3. The number of alkyl carbamates (subject to hydrolysis) is 1. The molecule has 21 heavy (non-hydrogen) atoms. The van der Waals surface area contributed by atoms with Gasteiger partial charge in [0, 0.05) is 6.54 Å². The fourth-order valence-corrected chi connectivity index (χ4v) is 2.05. The summed E-state index contributed by atoms with van der Waals surface area (Å²) in [7, 11) is 0. The molecule has 0 heterocycles. The van der Waals surface area contributed by atoms with Gasteiger partial charge in [0.15, 0.2) is 0 Å². The number of carbonyl (C=O) groups is 1. The van der Waals surface area contributed by atoms with Crippen molar-refractivity contribution < 1.29 is 24.1 Å². The van der Waals surface area contributed by atoms with Gasteiger partial charge in [-0.2, -0.15) is 0 Å². The van der Waals surface area contributed by atoms with Crippen molar-refractivity contribution in [3.8, 4) is 0 Å². The van der Waals surface area contributed by atoms with Gasteiger partial charge < -0.3 is 24.6 Å². The Labute approximate surface area is 126 Å². The van der Waals surface area contributed by atoms with E-state index in [9.17, 15) is 4.79 Å². The Balaban J connectivity index is 1.96. The summed E-state index contributed by atoms with van der Waals surface area (Å²) in [5.41, 5.74) is 0. The fourth-order valence-electron chi connectivity index (χ4n) is 2.05. The highest BCUT2D eigenvalue weighted by atomic mass is 16.6. The number of allylic oxidation sites excluding steroid dienone is 2. The first-order valence-corrected chi connectivity index (χ1v) is 7.68. The topological polar surface area (TPSA) is 77.0 Å². The van der Waals surface area contributed by atoms with Gasteiger partial charge in [0.25, 0.3) is 0 Å². The molecule has 122 valence electrons. The van der Waals surface area contributed by atoms with Crippen molar-refractivity contribution in [2.45, 2.75) is 38.2 Å². The predicted octanol–water partition coefficient (Wildman–Crippen LogP) is 1.63. The van der Waals surface area contributed by atoms with Crippen molar-refractivity contribution >= 4 is 6.09 Å². The van der Waals surface area contributed by atoms with Crippen LogP contribution in [-0.2, 0) is 14.2 Å². The largest absolute Gasteiger partial charge is 0.446 e. The van der Waals surface area contributed by atoms with Gasteiger partial charge in [0.05, 0.1) is 33.0 Å². The minimum Gasteiger partial charge on any atom is -0.446 e. The number of hydrogen-bond donors (Lipinski definition) is 2. The molecule has 0 bridgehead atoms. The van der Waals surface area contributed by atoms with Crippen LogP contribution in [-0.4, -0.2) is 56.9 Å². The number of aliphatic hydroxyl groups is 1. The van der Waals surface area contributed by atoms with Gasteiger partial charge in [-0.3, -0.25) is 0 Å². The maximum Gasteiger partial charge on any atom is 0.407 e. The van der Waals surface area contributed by atoms with Crippen LogP contribution in [0, 0.1) is 0 Å². The summed E-state index contributed by atoms with van der Waals surface area (Å²) in [6, 6.07) is 0. The second-order valence-electron chi connectivity index (χ2n) is 4.88. The van der Waals surface area contributed by atoms with Gasteiger partial charge >= 0.3 is 6.09 Å². The number of hydrogen-bond acceptors (Lipinski definition) is 5. The first-order valence-electron chi connectivity index (χ1n) is 7.68. The zero-order valence-electron chi connectivity index (χ0n) is 12.6. The average molecular weight is 301 g/mol. The van der Waals surface area contributed by atoms with Crippen LogP contribution in [0.25, 0.3) is 0 Å². The van der Waals surface area contributed by atoms with E-state index in [1.807, 2.05) is 0 Å². The van der Waals surface area contributed by atoms with Gasteiger partial charge in [-0.15, -0.1) is 0 Å². The second kappa shape index (κ2) is 12.6. The summed E-state index contributed by atoms with van der Waals surface area (Å²) in [6.07, 6.45) is 8.90. The molecular formula is C15H27NO5. The Morgan fingerprint density at radius 3 is 2.67 bits per heavy atom. The molecule has 6 heteroatoms. The third kappa shape index (κ3) is 10.3. The normalized spacial score (nSPS) is 18.8. The van der Waals surface area contributed by atoms with Crippen LogP contribution in [0.3, 0.4) is 0 Å². The summed E-state index contributed by atoms with van der Waals surface area (Å²) >= 11 is 0. The van der Waals surface area contributed by atoms with E-state index in [4.69, 9.17) is 19.3 Å². The monoisotopic (exact) mass is 301 g/mol. The molecule has 0 spiro atoms. The molecule has 0 fully saturated rings. The molecular weight excluding hydrogens is 274 g/mol. The lowest BCUT2D eigenvalue weighted by Gasteiger charge is -2.18. The van der Waals surface area contributed by atoms with Gasteiger partial charge in [0.1, 0.15) is 6.10 Å². The van der Waals surface area contributed by atoms with Crippen molar-refractivity contribution in [2.75, 3.05) is 39.6 Å². The van der Waals surface area contributed by atoms with Crippen LogP contribution < -0.4 is 5.32 Å². The molecule has 1 amide bonds. The molecule has 2 N–H and O–H groups in total. The molecule has 1 unspecified atom stereocenters. The van der Waals surface area contributed by atoms with Crippen molar-refractivity contribution in [2.24, 2.45) is 0 Å². The minimum atomic E-state index is -0.371. The summed E-state index contributed by atoms with van der Waals surface area (Å²) in [4.78, 5) is 11.6. The molecule has 1 atom stereocenters. The molecule has 6 nitrogen and oxygen atoms in total.